The van der Waals surface area contributed by atoms with Gasteiger partial charge >= 0.3 is 0 Å². The molecule has 0 saturated heterocycles. The number of para-hydroxylation sites is 1. The van der Waals surface area contributed by atoms with Crippen LogP contribution in [0.3, 0.4) is 0 Å². The van der Waals surface area contributed by atoms with E-state index < -0.39 is 0 Å². The summed E-state index contributed by atoms with van der Waals surface area (Å²) in [7, 11) is 0. The van der Waals surface area contributed by atoms with Gasteiger partial charge in [-0.2, -0.15) is 9.97 Å². The van der Waals surface area contributed by atoms with Gasteiger partial charge in [-0.3, -0.25) is 4.57 Å². The summed E-state index contributed by atoms with van der Waals surface area (Å²) in [6.45, 7) is 0. The van der Waals surface area contributed by atoms with Crippen LogP contribution in [0.15, 0.2) is 170 Å². The smallest absolute Gasteiger partial charge is 0.238 e. The Morgan fingerprint density at radius 2 is 1.00 bits per heavy atom. The molecule has 4 nitrogen and oxygen atoms in total. The first-order valence-electron chi connectivity index (χ1n) is 17.5. The van der Waals surface area contributed by atoms with Gasteiger partial charge in [0.25, 0.3) is 0 Å². The van der Waals surface area contributed by atoms with Gasteiger partial charge in [0.2, 0.25) is 5.95 Å². The SMILES string of the molecule is c1ccc(-c2nc(-c3ccccc3)nc(-n3c4ccc5ccccc5c4c4cccc(-c5ccc6sc7ccc8ccccc8c7c6c5)c43)n2)cc1. The van der Waals surface area contributed by atoms with E-state index in [0.29, 0.717) is 17.6 Å². The van der Waals surface area contributed by atoms with Crippen LogP contribution in [0.5, 0.6) is 0 Å². The highest BCUT2D eigenvalue weighted by molar-refractivity contribution is 7.26. The van der Waals surface area contributed by atoms with E-state index in [1.165, 1.54) is 47.1 Å². The first-order chi connectivity index (χ1) is 25.8. The molecule has 0 aliphatic heterocycles. The monoisotopic (exact) mass is 680 g/mol. The molecule has 0 aliphatic rings. The molecular formula is C47H28N4S. The lowest BCUT2D eigenvalue weighted by molar-refractivity contribution is 0.954. The molecular weight excluding hydrogens is 653 g/mol. The predicted molar refractivity (Wildman–Crippen MR) is 218 cm³/mol. The molecule has 0 saturated carbocycles. The molecule has 242 valence electrons. The zero-order chi connectivity index (χ0) is 34.2. The van der Waals surface area contributed by atoms with Crippen molar-refractivity contribution >= 4 is 74.9 Å². The molecule has 0 atom stereocenters. The number of rotatable bonds is 4. The molecule has 0 radical (unpaired) electrons. The largest absolute Gasteiger partial charge is 0.277 e. The van der Waals surface area contributed by atoms with Gasteiger partial charge in [0.05, 0.1) is 11.0 Å². The number of nitrogens with zero attached hydrogens (tertiary/aromatic N) is 4. The van der Waals surface area contributed by atoms with Crippen molar-refractivity contribution in [2.75, 3.05) is 0 Å². The first kappa shape index (κ1) is 29.1. The summed E-state index contributed by atoms with van der Waals surface area (Å²) in [5.74, 6) is 1.86. The maximum Gasteiger partial charge on any atom is 0.238 e. The van der Waals surface area contributed by atoms with E-state index in [1.54, 1.807) is 0 Å². The second kappa shape index (κ2) is 11.4. The second-order valence-electron chi connectivity index (χ2n) is 13.2. The van der Waals surface area contributed by atoms with Crippen LogP contribution in [0.4, 0.5) is 0 Å². The molecule has 11 rings (SSSR count). The maximum atomic E-state index is 5.25. The van der Waals surface area contributed by atoms with Crippen LogP contribution in [-0.4, -0.2) is 19.5 Å². The summed E-state index contributed by atoms with van der Waals surface area (Å²) < 4.78 is 4.85. The zero-order valence-corrected chi connectivity index (χ0v) is 28.7. The molecule has 52 heavy (non-hydrogen) atoms. The van der Waals surface area contributed by atoms with E-state index >= 15 is 0 Å². The second-order valence-corrected chi connectivity index (χ2v) is 14.3. The van der Waals surface area contributed by atoms with Crippen molar-refractivity contribution in [3.63, 3.8) is 0 Å². The number of thiophene rings is 1. The van der Waals surface area contributed by atoms with Crippen molar-refractivity contribution in [3.05, 3.63) is 170 Å². The van der Waals surface area contributed by atoms with Gasteiger partial charge < -0.3 is 0 Å². The van der Waals surface area contributed by atoms with Crippen molar-refractivity contribution in [2.24, 2.45) is 0 Å². The van der Waals surface area contributed by atoms with Gasteiger partial charge in [0.15, 0.2) is 11.6 Å². The Balaban J connectivity index is 1.26. The number of aromatic nitrogens is 4. The number of benzene rings is 8. The number of hydrogen-bond donors (Lipinski definition) is 0. The van der Waals surface area contributed by atoms with Gasteiger partial charge in [-0.1, -0.05) is 146 Å². The molecule has 0 spiro atoms. The normalized spacial score (nSPS) is 11.8. The molecule has 3 heterocycles. The molecule has 0 fully saturated rings. The van der Waals surface area contributed by atoms with Crippen LogP contribution >= 0.6 is 11.3 Å². The van der Waals surface area contributed by atoms with Crippen LogP contribution in [0.2, 0.25) is 0 Å². The summed E-state index contributed by atoms with van der Waals surface area (Å²) in [5, 5.41) is 9.88. The summed E-state index contributed by atoms with van der Waals surface area (Å²) in [4.78, 5) is 15.5. The molecule has 11 aromatic rings. The number of hydrogen-bond acceptors (Lipinski definition) is 4. The molecule has 3 aromatic heterocycles. The van der Waals surface area contributed by atoms with Gasteiger partial charge in [-0.25, -0.2) is 4.98 Å². The minimum atomic E-state index is 0.587. The molecule has 0 N–H and O–H groups in total. The van der Waals surface area contributed by atoms with E-state index in [9.17, 15) is 0 Å². The van der Waals surface area contributed by atoms with E-state index in [0.717, 1.165) is 38.7 Å². The standard InChI is InChI=1S/C47H28N4S/c1-3-14-31(15-4-1)45-48-46(32-16-5-2-6-17-32)50-47(49-45)51-39-25-22-29-12-7-9-18-34(29)42(39)37-21-11-20-36(44(37)51)33-24-26-40-38(28-33)43-35-19-10-8-13-30(35)23-27-41(43)52-40/h1-28H. The Kier molecular flexibility index (Phi) is 6.39. The van der Waals surface area contributed by atoms with E-state index in [-0.39, 0.29) is 0 Å². The third kappa shape index (κ3) is 4.43. The fourth-order valence-corrected chi connectivity index (χ4v) is 8.99. The van der Waals surface area contributed by atoms with Crippen LogP contribution < -0.4 is 0 Å². The molecule has 0 unspecified atom stereocenters. The average molecular weight is 681 g/mol. The van der Waals surface area contributed by atoms with Crippen molar-refractivity contribution in [1.82, 2.24) is 19.5 Å². The minimum absolute atomic E-state index is 0.587. The topological polar surface area (TPSA) is 43.6 Å². The molecule has 8 aromatic carbocycles. The summed E-state index contributed by atoms with van der Waals surface area (Å²) in [6, 6.07) is 60.3. The van der Waals surface area contributed by atoms with Crippen LogP contribution in [-0.2, 0) is 0 Å². The average Bonchev–Trinajstić information content (AvgIpc) is 3.77. The number of fused-ring (bicyclic) bond motifs is 10. The highest BCUT2D eigenvalue weighted by Crippen LogP contribution is 2.44. The fraction of sp³-hybridized carbons (Fsp3) is 0. The predicted octanol–water partition coefficient (Wildman–Crippen LogP) is 12.6. The van der Waals surface area contributed by atoms with Gasteiger partial charge in [0, 0.05) is 47.6 Å². The van der Waals surface area contributed by atoms with Crippen molar-refractivity contribution in [1.29, 1.82) is 0 Å². The summed E-state index contributed by atoms with van der Waals surface area (Å²) >= 11 is 1.86. The van der Waals surface area contributed by atoms with Crippen LogP contribution in [0.25, 0.3) is 103 Å². The lowest BCUT2D eigenvalue weighted by atomic mass is 9.97. The van der Waals surface area contributed by atoms with Gasteiger partial charge in [-0.05, 0) is 51.4 Å². The fourth-order valence-electron chi connectivity index (χ4n) is 7.89. The highest BCUT2D eigenvalue weighted by atomic mass is 32.1. The van der Waals surface area contributed by atoms with Crippen molar-refractivity contribution in [2.45, 2.75) is 0 Å². The van der Waals surface area contributed by atoms with E-state index in [2.05, 4.69) is 138 Å². The minimum Gasteiger partial charge on any atom is -0.277 e. The van der Waals surface area contributed by atoms with Crippen molar-refractivity contribution < 1.29 is 0 Å². The summed E-state index contributed by atoms with van der Waals surface area (Å²) in [6.07, 6.45) is 0. The van der Waals surface area contributed by atoms with Gasteiger partial charge in [-0.15, -0.1) is 11.3 Å². The van der Waals surface area contributed by atoms with E-state index in [1.807, 2.05) is 47.7 Å². The Labute approximate surface area is 302 Å². The van der Waals surface area contributed by atoms with Crippen LogP contribution in [0.1, 0.15) is 0 Å². The molecule has 0 bridgehead atoms. The third-order valence-electron chi connectivity index (χ3n) is 10.2. The lowest BCUT2D eigenvalue weighted by Gasteiger charge is -2.13. The van der Waals surface area contributed by atoms with Crippen LogP contribution in [0, 0.1) is 0 Å². The Morgan fingerprint density at radius 1 is 0.404 bits per heavy atom. The Bertz CT molecular complexity index is 3120. The quantitative estimate of drug-likeness (QED) is 0.186. The van der Waals surface area contributed by atoms with Gasteiger partial charge in [0.1, 0.15) is 0 Å². The third-order valence-corrected chi connectivity index (χ3v) is 11.4. The Hall–Kier alpha value is -6.69. The zero-order valence-electron chi connectivity index (χ0n) is 27.9. The van der Waals surface area contributed by atoms with Crippen molar-refractivity contribution in [3.8, 4) is 39.9 Å². The molecule has 0 amide bonds. The maximum absolute atomic E-state index is 5.25. The Morgan fingerprint density at radius 3 is 1.71 bits per heavy atom. The lowest BCUT2D eigenvalue weighted by Crippen LogP contribution is -2.07. The summed E-state index contributed by atoms with van der Waals surface area (Å²) in [5.41, 5.74) is 6.29. The van der Waals surface area contributed by atoms with E-state index in [4.69, 9.17) is 15.0 Å². The molecule has 0 aliphatic carbocycles. The first-order valence-corrected chi connectivity index (χ1v) is 18.3. The highest BCUT2D eigenvalue weighted by Gasteiger charge is 2.22. The molecule has 5 heteroatoms.